The van der Waals surface area contributed by atoms with Crippen LogP contribution < -0.4 is 5.32 Å². The van der Waals surface area contributed by atoms with Crippen LogP contribution in [0.5, 0.6) is 0 Å². The molecule has 2 unspecified atom stereocenters. The van der Waals surface area contributed by atoms with Gasteiger partial charge in [0.15, 0.2) is 0 Å². The molecule has 0 aliphatic heterocycles. The van der Waals surface area contributed by atoms with Crippen LogP contribution in [0.3, 0.4) is 0 Å². The summed E-state index contributed by atoms with van der Waals surface area (Å²) >= 11 is 7.60. The third-order valence-corrected chi connectivity index (χ3v) is 5.23. The van der Waals surface area contributed by atoms with Gasteiger partial charge in [-0.05, 0) is 31.9 Å². The van der Waals surface area contributed by atoms with Crippen molar-refractivity contribution in [2.75, 3.05) is 13.2 Å². The van der Waals surface area contributed by atoms with E-state index in [2.05, 4.69) is 32.2 Å². The summed E-state index contributed by atoms with van der Waals surface area (Å²) in [6.07, 6.45) is 2.60. The second-order valence-corrected chi connectivity index (χ2v) is 7.26. The fourth-order valence-electron chi connectivity index (χ4n) is 2.57. The van der Waals surface area contributed by atoms with Gasteiger partial charge in [0.05, 0.1) is 10.4 Å². The van der Waals surface area contributed by atoms with Gasteiger partial charge in [-0.1, -0.05) is 25.4 Å². The van der Waals surface area contributed by atoms with Crippen LogP contribution in [-0.4, -0.2) is 25.3 Å². The molecule has 1 aliphatic rings. The van der Waals surface area contributed by atoms with E-state index in [1.807, 2.05) is 6.07 Å². The first-order valence-corrected chi connectivity index (χ1v) is 7.82. The molecule has 0 radical (unpaired) electrons. The molecule has 1 fully saturated rings. The van der Waals surface area contributed by atoms with Crippen molar-refractivity contribution in [1.29, 1.82) is 0 Å². The van der Waals surface area contributed by atoms with Crippen molar-refractivity contribution in [2.24, 2.45) is 5.41 Å². The van der Waals surface area contributed by atoms with Gasteiger partial charge in [-0.3, -0.25) is 0 Å². The van der Waals surface area contributed by atoms with Gasteiger partial charge in [0.2, 0.25) is 0 Å². The Bertz CT molecular complexity index is 391. The fourth-order valence-corrected chi connectivity index (χ4v) is 3.66. The molecule has 0 spiro atoms. The highest BCUT2D eigenvalue weighted by Crippen LogP contribution is 2.42. The maximum absolute atomic E-state index is 5.92. The molecular formula is C14H22ClNOS. The normalized spacial score (nSPS) is 26.0. The summed E-state index contributed by atoms with van der Waals surface area (Å²) in [5.74, 6) is 0. The Morgan fingerprint density at radius 1 is 1.50 bits per heavy atom. The maximum Gasteiger partial charge on any atom is 0.0931 e. The average Bonchev–Trinajstić information content (AvgIpc) is 2.73. The van der Waals surface area contributed by atoms with Gasteiger partial charge in [0.1, 0.15) is 0 Å². The van der Waals surface area contributed by atoms with E-state index in [1.165, 1.54) is 4.88 Å². The number of rotatable bonds is 6. The summed E-state index contributed by atoms with van der Waals surface area (Å²) < 4.78 is 6.62. The Balaban J connectivity index is 1.72. The molecule has 1 aromatic rings. The zero-order valence-electron chi connectivity index (χ0n) is 11.3. The van der Waals surface area contributed by atoms with E-state index in [0.29, 0.717) is 12.1 Å². The highest BCUT2D eigenvalue weighted by molar-refractivity contribution is 7.16. The first-order chi connectivity index (χ1) is 8.54. The number of ether oxygens (including phenoxy) is 1. The van der Waals surface area contributed by atoms with E-state index in [-0.39, 0.29) is 5.41 Å². The van der Waals surface area contributed by atoms with Crippen LogP contribution in [-0.2, 0) is 11.2 Å². The molecule has 0 aromatic carbocycles. The van der Waals surface area contributed by atoms with Crippen molar-refractivity contribution in [2.45, 2.75) is 45.8 Å². The molecule has 2 rings (SSSR count). The van der Waals surface area contributed by atoms with Crippen LogP contribution in [0.4, 0.5) is 0 Å². The summed E-state index contributed by atoms with van der Waals surface area (Å²) in [6.45, 7) is 8.47. The minimum atomic E-state index is 0.253. The molecule has 4 heteroatoms. The number of hydrogen-bond donors (Lipinski definition) is 1. The Labute approximate surface area is 119 Å². The fraction of sp³-hybridized carbons (Fsp3) is 0.714. The van der Waals surface area contributed by atoms with Crippen LogP contribution in [0.2, 0.25) is 4.34 Å². The molecule has 1 saturated carbocycles. The monoisotopic (exact) mass is 287 g/mol. The number of nitrogens with one attached hydrogen (secondary N) is 1. The van der Waals surface area contributed by atoms with E-state index >= 15 is 0 Å². The number of hydrogen-bond acceptors (Lipinski definition) is 3. The van der Waals surface area contributed by atoms with Crippen molar-refractivity contribution in [3.63, 3.8) is 0 Å². The summed E-state index contributed by atoms with van der Waals surface area (Å²) in [5.41, 5.74) is 0.253. The van der Waals surface area contributed by atoms with Gasteiger partial charge >= 0.3 is 0 Å². The molecule has 2 nitrogen and oxygen atoms in total. The van der Waals surface area contributed by atoms with Gasteiger partial charge in [0.25, 0.3) is 0 Å². The molecule has 1 heterocycles. The standard InChI is InChI=1S/C14H22ClNOS/c1-4-17-12-9-11(14(12,2)3)16-8-7-10-5-6-13(15)18-10/h5-6,11-12,16H,4,7-9H2,1-3H3. The Morgan fingerprint density at radius 3 is 2.83 bits per heavy atom. The van der Waals surface area contributed by atoms with Gasteiger partial charge in [-0.25, -0.2) is 0 Å². The lowest BCUT2D eigenvalue weighted by Gasteiger charge is -2.52. The smallest absolute Gasteiger partial charge is 0.0931 e. The molecule has 0 saturated heterocycles. The predicted molar refractivity (Wildman–Crippen MR) is 78.6 cm³/mol. The van der Waals surface area contributed by atoms with Crippen LogP contribution >= 0.6 is 22.9 Å². The third kappa shape index (κ3) is 3.08. The average molecular weight is 288 g/mol. The topological polar surface area (TPSA) is 21.3 Å². The molecule has 0 amide bonds. The second-order valence-electron chi connectivity index (χ2n) is 5.46. The van der Waals surface area contributed by atoms with Crippen LogP contribution in [0.25, 0.3) is 0 Å². The second kappa shape index (κ2) is 5.91. The highest BCUT2D eigenvalue weighted by atomic mass is 35.5. The minimum Gasteiger partial charge on any atom is -0.378 e. The Kier molecular flexibility index (Phi) is 4.70. The summed E-state index contributed by atoms with van der Waals surface area (Å²) in [4.78, 5) is 1.35. The number of thiophene rings is 1. The Morgan fingerprint density at radius 2 is 2.28 bits per heavy atom. The van der Waals surface area contributed by atoms with E-state index in [0.717, 1.165) is 30.3 Å². The molecule has 2 atom stereocenters. The third-order valence-electron chi connectivity index (χ3n) is 3.94. The van der Waals surface area contributed by atoms with Gasteiger partial charge < -0.3 is 10.1 Å². The Hall–Kier alpha value is -0.0900. The minimum absolute atomic E-state index is 0.253. The van der Waals surface area contributed by atoms with Crippen molar-refractivity contribution < 1.29 is 4.74 Å². The van der Waals surface area contributed by atoms with Crippen molar-refractivity contribution in [3.8, 4) is 0 Å². The zero-order valence-corrected chi connectivity index (χ0v) is 12.9. The molecule has 1 N–H and O–H groups in total. The van der Waals surface area contributed by atoms with E-state index in [4.69, 9.17) is 16.3 Å². The summed E-state index contributed by atoms with van der Waals surface area (Å²) in [5, 5.41) is 3.64. The molecule has 1 aliphatic carbocycles. The van der Waals surface area contributed by atoms with Crippen LogP contribution in [0, 0.1) is 5.41 Å². The lowest BCUT2D eigenvalue weighted by atomic mass is 9.64. The quantitative estimate of drug-likeness (QED) is 0.861. The molecular weight excluding hydrogens is 266 g/mol. The van der Waals surface area contributed by atoms with Crippen LogP contribution in [0.15, 0.2) is 12.1 Å². The SMILES string of the molecule is CCOC1CC(NCCc2ccc(Cl)s2)C1(C)C. The number of halogens is 1. The highest BCUT2D eigenvalue weighted by Gasteiger charge is 2.48. The zero-order chi connectivity index (χ0) is 13.2. The van der Waals surface area contributed by atoms with E-state index in [1.54, 1.807) is 11.3 Å². The van der Waals surface area contributed by atoms with Crippen molar-refractivity contribution in [1.82, 2.24) is 5.32 Å². The lowest BCUT2D eigenvalue weighted by Crippen LogP contribution is -2.61. The van der Waals surface area contributed by atoms with E-state index < -0.39 is 0 Å². The van der Waals surface area contributed by atoms with Crippen molar-refractivity contribution >= 4 is 22.9 Å². The maximum atomic E-state index is 5.92. The molecule has 102 valence electrons. The summed E-state index contributed by atoms with van der Waals surface area (Å²) in [6, 6.07) is 4.66. The van der Waals surface area contributed by atoms with Gasteiger partial charge in [0, 0.05) is 29.5 Å². The first-order valence-electron chi connectivity index (χ1n) is 6.63. The lowest BCUT2D eigenvalue weighted by molar-refractivity contribution is -0.113. The van der Waals surface area contributed by atoms with Crippen LogP contribution in [0.1, 0.15) is 32.1 Å². The molecule has 1 aromatic heterocycles. The van der Waals surface area contributed by atoms with Gasteiger partial charge in [-0.15, -0.1) is 11.3 Å². The summed E-state index contributed by atoms with van der Waals surface area (Å²) in [7, 11) is 0. The predicted octanol–water partition coefficient (Wildman–Crippen LogP) is 3.74. The molecule has 0 bridgehead atoms. The van der Waals surface area contributed by atoms with Crippen molar-refractivity contribution in [3.05, 3.63) is 21.3 Å². The molecule has 18 heavy (non-hydrogen) atoms. The van der Waals surface area contributed by atoms with E-state index in [9.17, 15) is 0 Å². The largest absolute Gasteiger partial charge is 0.378 e. The first kappa shape index (κ1) is 14.3. The van der Waals surface area contributed by atoms with Gasteiger partial charge in [-0.2, -0.15) is 0 Å².